The van der Waals surface area contributed by atoms with E-state index in [0.29, 0.717) is 0 Å². The lowest BCUT2D eigenvalue weighted by molar-refractivity contribution is 1.03. The Hall–Kier alpha value is -1.82. The van der Waals surface area contributed by atoms with Crippen LogP contribution in [0.2, 0.25) is 0 Å². The summed E-state index contributed by atoms with van der Waals surface area (Å²) in [6.45, 7) is 11.2. The Bertz CT molecular complexity index is 663. The molecule has 0 saturated heterocycles. The van der Waals surface area contributed by atoms with E-state index >= 15 is 0 Å². The van der Waals surface area contributed by atoms with Crippen LogP contribution in [0.15, 0.2) is 64.8 Å². The molecule has 1 aliphatic rings. The maximum atomic E-state index is 2.38. The van der Waals surface area contributed by atoms with Crippen LogP contribution in [0.5, 0.6) is 0 Å². The van der Waals surface area contributed by atoms with Gasteiger partial charge in [-0.25, -0.2) is 0 Å². The van der Waals surface area contributed by atoms with Gasteiger partial charge in [-0.3, -0.25) is 0 Å². The SMILES string of the molecule is CCC1=C(/C(C)=C(/C=C(/C)CC)c2ccccc2C)C=CC1. The van der Waals surface area contributed by atoms with Crippen molar-refractivity contribution >= 4 is 5.57 Å². The van der Waals surface area contributed by atoms with Crippen LogP contribution >= 0.6 is 0 Å². The summed E-state index contributed by atoms with van der Waals surface area (Å²) >= 11 is 0. The fourth-order valence-electron chi connectivity index (χ4n) is 3.03. The molecule has 0 unspecified atom stereocenters. The summed E-state index contributed by atoms with van der Waals surface area (Å²) in [5, 5.41) is 0. The highest BCUT2D eigenvalue weighted by Gasteiger charge is 2.14. The van der Waals surface area contributed by atoms with E-state index in [1.807, 2.05) is 0 Å². The summed E-state index contributed by atoms with van der Waals surface area (Å²) in [6.07, 6.45) is 10.3. The molecule has 0 N–H and O–H groups in total. The molecular weight excluding hydrogens is 264 g/mol. The summed E-state index contributed by atoms with van der Waals surface area (Å²) < 4.78 is 0. The van der Waals surface area contributed by atoms with Gasteiger partial charge in [0.1, 0.15) is 0 Å². The molecule has 116 valence electrons. The number of aryl methyl sites for hydroxylation is 1. The number of hydrogen-bond donors (Lipinski definition) is 0. The van der Waals surface area contributed by atoms with E-state index in [2.05, 4.69) is 77.1 Å². The normalized spacial score (nSPS) is 16.3. The molecule has 0 amide bonds. The molecule has 0 saturated carbocycles. The predicted octanol–water partition coefficient (Wildman–Crippen LogP) is 6.79. The molecule has 0 atom stereocenters. The Morgan fingerprint density at radius 2 is 1.86 bits per heavy atom. The van der Waals surface area contributed by atoms with E-state index in [1.165, 1.54) is 33.4 Å². The maximum Gasteiger partial charge on any atom is -0.0126 e. The van der Waals surface area contributed by atoms with Gasteiger partial charge in [-0.05, 0) is 67.9 Å². The zero-order valence-electron chi connectivity index (χ0n) is 14.7. The molecule has 1 aliphatic carbocycles. The van der Waals surface area contributed by atoms with Crippen molar-refractivity contribution in [1.82, 2.24) is 0 Å². The molecule has 22 heavy (non-hydrogen) atoms. The van der Waals surface area contributed by atoms with Crippen LogP contribution in [0.3, 0.4) is 0 Å². The van der Waals surface area contributed by atoms with Crippen molar-refractivity contribution in [3.63, 3.8) is 0 Å². The van der Waals surface area contributed by atoms with Crippen molar-refractivity contribution in [2.45, 2.75) is 53.9 Å². The van der Waals surface area contributed by atoms with E-state index in [1.54, 1.807) is 5.57 Å². The van der Waals surface area contributed by atoms with Crippen molar-refractivity contribution in [1.29, 1.82) is 0 Å². The zero-order valence-corrected chi connectivity index (χ0v) is 14.7. The fraction of sp³-hybridized carbons (Fsp3) is 0.364. The van der Waals surface area contributed by atoms with Gasteiger partial charge in [0.25, 0.3) is 0 Å². The van der Waals surface area contributed by atoms with E-state index in [4.69, 9.17) is 0 Å². The Balaban J connectivity index is 2.66. The van der Waals surface area contributed by atoms with Crippen LogP contribution in [-0.2, 0) is 0 Å². The van der Waals surface area contributed by atoms with Gasteiger partial charge in [0.05, 0.1) is 0 Å². The first-order valence-corrected chi connectivity index (χ1v) is 8.41. The lowest BCUT2D eigenvalue weighted by Gasteiger charge is -2.15. The molecule has 0 heteroatoms. The standard InChI is InChI=1S/C22H28/c1-6-16(3)15-22(20-13-9-8-11-17(20)4)18(5)21-14-10-12-19(21)7-2/h8-11,13-15H,6-7,12H2,1-5H3/b16-15-,22-18-. The molecule has 2 rings (SSSR count). The monoisotopic (exact) mass is 292 g/mol. The number of hydrogen-bond acceptors (Lipinski definition) is 0. The summed E-state index contributed by atoms with van der Waals surface area (Å²) in [6, 6.07) is 8.72. The Morgan fingerprint density at radius 3 is 2.50 bits per heavy atom. The molecule has 0 fully saturated rings. The van der Waals surface area contributed by atoms with Crippen LogP contribution in [0, 0.1) is 6.92 Å². The molecule has 0 bridgehead atoms. The smallest absolute Gasteiger partial charge is 0.0126 e. The van der Waals surface area contributed by atoms with Gasteiger partial charge in [0.2, 0.25) is 0 Å². The van der Waals surface area contributed by atoms with Crippen LogP contribution in [-0.4, -0.2) is 0 Å². The van der Waals surface area contributed by atoms with Crippen LogP contribution in [0.1, 0.15) is 58.1 Å². The topological polar surface area (TPSA) is 0 Å². The van der Waals surface area contributed by atoms with E-state index in [-0.39, 0.29) is 0 Å². The van der Waals surface area contributed by atoms with E-state index < -0.39 is 0 Å². The molecule has 0 spiro atoms. The highest BCUT2D eigenvalue weighted by molar-refractivity contribution is 5.82. The minimum Gasteiger partial charge on any atom is -0.0798 e. The summed E-state index contributed by atoms with van der Waals surface area (Å²) in [5.41, 5.74) is 9.93. The molecule has 0 aliphatic heterocycles. The first-order chi connectivity index (χ1) is 10.6. The van der Waals surface area contributed by atoms with Crippen molar-refractivity contribution in [3.05, 3.63) is 75.9 Å². The third-order valence-corrected chi connectivity index (χ3v) is 4.65. The minimum atomic E-state index is 1.10. The molecular formula is C22H28. The van der Waals surface area contributed by atoms with Crippen molar-refractivity contribution < 1.29 is 0 Å². The quantitative estimate of drug-likeness (QED) is 0.524. The second-order valence-electron chi connectivity index (χ2n) is 6.18. The van der Waals surface area contributed by atoms with Gasteiger partial charge in [-0.1, -0.05) is 67.5 Å². The third-order valence-electron chi connectivity index (χ3n) is 4.65. The number of benzene rings is 1. The molecule has 1 aromatic carbocycles. The minimum absolute atomic E-state index is 1.10. The van der Waals surface area contributed by atoms with Gasteiger partial charge in [-0.15, -0.1) is 0 Å². The Morgan fingerprint density at radius 1 is 1.14 bits per heavy atom. The number of allylic oxidation sites excluding steroid dienone is 8. The molecule has 0 aromatic heterocycles. The fourth-order valence-corrected chi connectivity index (χ4v) is 3.03. The van der Waals surface area contributed by atoms with Crippen molar-refractivity contribution in [2.24, 2.45) is 0 Å². The largest absolute Gasteiger partial charge is 0.0798 e. The van der Waals surface area contributed by atoms with E-state index in [0.717, 1.165) is 19.3 Å². The zero-order chi connectivity index (χ0) is 16.1. The second kappa shape index (κ2) is 7.45. The van der Waals surface area contributed by atoms with Crippen molar-refractivity contribution in [2.75, 3.05) is 0 Å². The average molecular weight is 292 g/mol. The van der Waals surface area contributed by atoms with Crippen LogP contribution in [0.4, 0.5) is 0 Å². The lowest BCUT2D eigenvalue weighted by Crippen LogP contribution is -1.95. The van der Waals surface area contributed by atoms with Gasteiger partial charge in [0, 0.05) is 0 Å². The van der Waals surface area contributed by atoms with Crippen LogP contribution < -0.4 is 0 Å². The third kappa shape index (κ3) is 3.50. The summed E-state index contributed by atoms with van der Waals surface area (Å²) in [4.78, 5) is 0. The maximum absolute atomic E-state index is 2.38. The second-order valence-corrected chi connectivity index (χ2v) is 6.18. The summed E-state index contributed by atoms with van der Waals surface area (Å²) in [7, 11) is 0. The highest BCUT2D eigenvalue weighted by atomic mass is 14.2. The Kier molecular flexibility index (Phi) is 5.60. The molecule has 0 nitrogen and oxygen atoms in total. The molecule has 0 radical (unpaired) electrons. The Labute approximate surface area is 136 Å². The number of rotatable bonds is 5. The van der Waals surface area contributed by atoms with Crippen LogP contribution in [0.25, 0.3) is 5.57 Å². The molecule has 0 heterocycles. The average Bonchev–Trinajstić information content (AvgIpc) is 3.01. The molecule has 1 aromatic rings. The summed E-state index contributed by atoms with van der Waals surface area (Å²) in [5.74, 6) is 0. The highest BCUT2D eigenvalue weighted by Crippen LogP contribution is 2.34. The van der Waals surface area contributed by atoms with E-state index in [9.17, 15) is 0 Å². The van der Waals surface area contributed by atoms with Gasteiger partial charge in [-0.2, -0.15) is 0 Å². The van der Waals surface area contributed by atoms with Crippen molar-refractivity contribution in [3.8, 4) is 0 Å². The predicted molar refractivity (Wildman–Crippen MR) is 98.9 cm³/mol. The first kappa shape index (κ1) is 16.5. The van der Waals surface area contributed by atoms with Gasteiger partial charge < -0.3 is 0 Å². The van der Waals surface area contributed by atoms with Gasteiger partial charge in [0.15, 0.2) is 0 Å². The first-order valence-electron chi connectivity index (χ1n) is 8.41. The van der Waals surface area contributed by atoms with Gasteiger partial charge >= 0.3 is 0 Å². The lowest BCUT2D eigenvalue weighted by atomic mass is 9.90.